The second kappa shape index (κ2) is 6.93. The molecule has 0 aromatic carbocycles. The van der Waals surface area contributed by atoms with Crippen molar-refractivity contribution in [2.75, 3.05) is 11.9 Å². The average molecular weight is 396 g/mol. The Hall–Kier alpha value is -0.186. The van der Waals surface area contributed by atoms with E-state index in [-0.39, 0.29) is 23.3 Å². The van der Waals surface area contributed by atoms with Gasteiger partial charge in [0.25, 0.3) is 0 Å². The lowest BCUT2D eigenvalue weighted by molar-refractivity contribution is -0.145. The number of hydrogen-bond donors (Lipinski definition) is 0. The third-order valence-corrected chi connectivity index (χ3v) is 5.23. The molecule has 2 atom stereocenters. The van der Waals surface area contributed by atoms with Gasteiger partial charge in [0, 0.05) is 13.0 Å². The van der Waals surface area contributed by atoms with Gasteiger partial charge in [-0.3, -0.25) is 9.59 Å². The van der Waals surface area contributed by atoms with Crippen molar-refractivity contribution in [2.24, 2.45) is 0 Å². The molecule has 1 saturated heterocycles. The van der Waals surface area contributed by atoms with Crippen LogP contribution in [0.2, 0.25) is 39.3 Å². The van der Waals surface area contributed by atoms with Crippen molar-refractivity contribution < 1.29 is 18.4 Å². The number of alkyl halides is 1. The molecule has 0 unspecified atom stereocenters. The van der Waals surface area contributed by atoms with Gasteiger partial charge in [0.15, 0.2) is 8.32 Å². The molecule has 0 aromatic rings. The van der Waals surface area contributed by atoms with E-state index >= 15 is 0 Å². The quantitative estimate of drug-likeness (QED) is 0.530. The highest BCUT2D eigenvalue weighted by atomic mass is 79.9. The Morgan fingerprint density at radius 2 is 1.71 bits per heavy atom. The van der Waals surface area contributed by atoms with Crippen LogP contribution in [0, 0.1) is 0 Å². The lowest BCUT2D eigenvalue weighted by Gasteiger charge is -2.26. The van der Waals surface area contributed by atoms with Gasteiger partial charge in [0.2, 0.25) is 14.2 Å². The molecular weight excluding hydrogens is 370 g/mol. The molecule has 0 bridgehead atoms. The first-order chi connectivity index (χ1) is 9.43. The molecule has 0 radical (unpaired) electrons. The molecule has 0 spiro atoms. The number of carbonyl (C=O) groups excluding carboxylic acids is 2. The van der Waals surface area contributed by atoms with E-state index in [0.29, 0.717) is 13.0 Å². The van der Waals surface area contributed by atoms with Crippen molar-refractivity contribution in [3.05, 3.63) is 0 Å². The van der Waals surface area contributed by atoms with E-state index in [0.717, 1.165) is 0 Å². The fraction of sp³-hybridized carbons (Fsp3) is 0.846. The molecule has 0 N–H and O–H groups in total. The van der Waals surface area contributed by atoms with Crippen LogP contribution in [0.25, 0.3) is 0 Å². The molecule has 1 aliphatic heterocycles. The van der Waals surface area contributed by atoms with Crippen LogP contribution in [-0.2, 0) is 18.4 Å². The molecule has 21 heavy (non-hydrogen) atoms. The number of hydrogen-bond acceptors (Lipinski definition) is 4. The number of halogens is 1. The van der Waals surface area contributed by atoms with E-state index in [1.807, 2.05) is 19.6 Å². The molecule has 0 aliphatic carbocycles. The van der Waals surface area contributed by atoms with E-state index in [1.54, 1.807) is 4.90 Å². The number of rotatable bonds is 5. The van der Waals surface area contributed by atoms with E-state index in [9.17, 15) is 9.59 Å². The molecule has 0 aromatic heterocycles. The standard InChI is InChI=1S/C13H26BrNO4Si2/c1-20(2,3)18-10-7-11(13(17)19-21(4,5)6)15(9-10)12(16)8-14/h10-11H,7-9H2,1-6H3/t10-,11-/m0/s1. The summed E-state index contributed by atoms with van der Waals surface area (Å²) in [6.07, 6.45) is 0.464. The zero-order valence-electron chi connectivity index (χ0n) is 13.7. The summed E-state index contributed by atoms with van der Waals surface area (Å²) in [7, 11) is -3.66. The van der Waals surface area contributed by atoms with Gasteiger partial charge in [0.05, 0.1) is 11.4 Å². The largest absolute Gasteiger partial charge is 0.518 e. The summed E-state index contributed by atoms with van der Waals surface area (Å²) >= 11 is 3.18. The van der Waals surface area contributed by atoms with Gasteiger partial charge in [-0.15, -0.1) is 0 Å². The van der Waals surface area contributed by atoms with Crippen molar-refractivity contribution in [1.82, 2.24) is 4.90 Å². The molecule has 1 rings (SSSR count). The van der Waals surface area contributed by atoms with Gasteiger partial charge in [-0.25, -0.2) is 0 Å². The Bertz CT molecular complexity index is 406. The topological polar surface area (TPSA) is 55.8 Å². The summed E-state index contributed by atoms with van der Waals surface area (Å²) in [5.74, 6) is -0.376. The van der Waals surface area contributed by atoms with Gasteiger partial charge in [0.1, 0.15) is 6.04 Å². The normalized spacial score (nSPS) is 23.3. The van der Waals surface area contributed by atoms with Gasteiger partial charge in [-0.2, -0.15) is 0 Å². The molecule has 122 valence electrons. The van der Waals surface area contributed by atoms with Gasteiger partial charge < -0.3 is 13.8 Å². The Morgan fingerprint density at radius 3 is 2.14 bits per heavy atom. The van der Waals surface area contributed by atoms with E-state index < -0.39 is 22.7 Å². The third kappa shape index (κ3) is 6.21. The number of nitrogens with zero attached hydrogens (tertiary/aromatic N) is 1. The highest BCUT2D eigenvalue weighted by Gasteiger charge is 2.42. The Balaban J connectivity index is 2.83. The zero-order valence-corrected chi connectivity index (χ0v) is 17.3. The Labute approximate surface area is 137 Å². The summed E-state index contributed by atoms with van der Waals surface area (Å²) in [4.78, 5) is 26.0. The predicted molar refractivity (Wildman–Crippen MR) is 91.6 cm³/mol. The molecule has 1 aliphatic rings. The van der Waals surface area contributed by atoms with Crippen LogP contribution in [-0.4, -0.2) is 57.4 Å². The second-order valence-corrected chi connectivity index (χ2v) is 16.8. The fourth-order valence-corrected chi connectivity index (χ4v) is 4.56. The number of amides is 1. The Morgan fingerprint density at radius 1 is 1.14 bits per heavy atom. The average Bonchev–Trinajstić information content (AvgIpc) is 2.67. The molecule has 5 nitrogen and oxygen atoms in total. The van der Waals surface area contributed by atoms with Crippen LogP contribution in [0.15, 0.2) is 0 Å². The first-order valence-electron chi connectivity index (χ1n) is 7.19. The van der Waals surface area contributed by atoms with Crippen LogP contribution in [0.5, 0.6) is 0 Å². The lowest BCUT2D eigenvalue weighted by Crippen LogP contribution is -2.45. The van der Waals surface area contributed by atoms with Crippen LogP contribution >= 0.6 is 15.9 Å². The van der Waals surface area contributed by atoms with Gasteiger partial charge in [-0.05, 0) is 39.3 Å². The highest BCUT2D eigenvalue weighted by molar-refractivity contribution is 9.09. The SMILES string of the molecule is C[Si](C)(C)OC(=O)[C@@H]1C[C@H](O[Si](C)(C)C)CN1C(=O)CBr. The van der Waals surface area contributed by atoms with Crippen LogP contribution < -0.4 is 0 Å². The fourth-order valence-electron chi connectivity index (χ4n) is 2.33. The first-order valence-corrected chi connectivity index (χ1v) is 15.1. The predicted octanol–water partition coefficient (Wildman–Crippen LogP) is 2.58. The maximum absolute atomic E-state index is 12.4. The maximum atomic E-state index is 12.4. The monoisotopic (exact) mass is 395 g/mol. The van der Waals surface area contributed by atoms with Crippen LogP contribution in [0.4, 0.5) is 0 Å². The molecular formula is C13H26BrNO4Si2. The number of likely N-dealkylation sites (tertiary alicyclic amines) is 1. The minimum Gasteiger partial charge on any atom is -0.518 e. The van der Waals surface area contributed by atoms with Gasteiger partial charge in [-0.1, -0.05) is 15.9 Å². The lowest BCUT2D eigenvalue weighted by atomic mass is 10.2. The minimum atomic E-state index is -1.96. The van der Waals surface area contributed by atoms with Crippen molar-refractivity contribution >= 4 is 44.4 Å². The van der Waals surface area contributed by atoms with Crippen molar-refractivity contribution in [3.63, 3.8) is 0 Å². The summed E-state index contributed by atoms with van der Waals surface area (Å²) < 4.78 is 11.6. The summed E-state index contributed by atoms with van der Waals surface area (Å²) in [6.45, 7) is 12.7. The summed E-state index contributed by atoms with van der Waals surface area (Å²) in [5, 5.41) is 0.212. The maximum Gasteiger partial charge on any atom is 0.315 e. The van der Waals surface area contributed by atoms with Gasteiger partial charge >= 0.3 is 5.97 Å². The van der Waals surface area contributed by atoms with Crippen LogP contribution in [0.3, 0.4) is 0 Å². The third-order valence-electron chi connectivity index (χ3n) is 2.90. The van der Waals surface area contributed by atoms with Crippen molar-refractivity contribution in [2.45, 2.75) is 57.8 Å². The smallest absolute Gasteiger partial charge is 0.315 e. The second-order valence-electron chi connectivity index (χ2n) is 7.32. The zero-order chi connectivity index (χ0) is 16.4. The minimum absolute atomic E-state index is 0.0705. The molecule has 8 heteroatoms. The number of carbonyl (C=O) groups is 2. The van der Waals surface area contributed by atoms with Crippen LogP contribution in [0.1, 0.15) is 6.42 Å². The van der Waals surface area contributed by atoms with Crippen molar-refractivity contribution in [1.29, 1.82) is 0 Å². The van der Waals surface area contributed by atoms with E-state index in [4.69, 9.17) is 8.85 Å². The van der Waals surface area contributed by atoms with E-state index in [1.165, 1.54) is 0 Å². The highest BCUT2D eigenvalue weighted by Crippen LogP contribution is 2.25. The summed E-state index contributed by atoms with van der Waals surface area (Å²) in [5.41, 5.74) is 0. The molecule has 1 amide bonds. The molecule has 1 heterocycles. The Kier molecular flexibility index (Phi) is 6.22. The van der Waals surface area contributed by atoms with Crippen molar-refractivity contribution in [3.8, 4) is 0 Å². The van der Waals surface area contributed by atoms with E-state index in [2.05, 4.69) is 35.6 Å². The molecule has 1 fully saturated rings. The first kappa shape index (κ1) is 18.9. The summed E-state index contributed by atoms with van der Waals surface area (Å²) in [6, 6.07) is -0.511. The molecule has 0 saturated carbocycles.